The summed E-state index contributed by atoms with van der Waals surface area (Å²) in [7, 11) is 3.92. The zero-order chi connectivity index (χ0) is 4.99. The van der Waals surface area contributed by atoms with Gasteiger partial charge in [-0.1, -0.05) is 6.58 Å². The first-order valence-corrected chi connectivity index (χ1v) is 1.89. The van der Waals surface area contributed by atoms with Crippen molar-refractivity contribution in [1.82, 2.24) is 0 Å². The monoisotopic (exact) mass is 84.1 g/mol. The van der Waals surface area contributed by atoms with Crippen molar-refractivity contribution >= 4 is 6.21 Å². The third kappa shape index (κ3) is 3.41. The molecule has 0 amide bonds. The summed E-state index contributed by atoms with van der Waals surface area (Å²) in [5.74, 6) is 0. The Labute approximate surface area is 38.6 Å². The molecule has 0 atom stereocenters. The van der Waals surface area contributed by atoms with Crippen molar-refractivity contribution in [2.75, 3.05) is 14.1 Å². The van der Waals surface area contributed by atoms with E-state index in [0.717, 1.165) is 0 Å². The maximum Gasteiger partial charge on any atom is 0.162 e. The Balaban J connectivity index is 3.41. The SMILES string of the molecule is C=CC=[N+](C)C. The van der Waals surface area contributed by atoms with Gasteiger partial charge in [-0.25, -0.2) is 4.58 Å². The summed E-state index contributed by atoms with van der Waals surface area (Å²) < 4.78 is 1.94. The quantitative estimate of drug-likeness (QED) is 0.322. The van der Waals surface area contributed by atoms with Crippen molar-refractivity contribution in [3.8, 4) is 0 Å². The second kappa shape index (κ2) is 2.64. The standard InChI is InChI=1S/C5H10N/c1-4-5-6(2)3/h4-5H,1H2,2-3H3/q+1. The van der Waals surface area contributed by atoms with E-state index in [2.05, 4.69) is 6.58 Å². The molecule has 0 fully saturated rings. The van der Waals surface area contributed by atoms with E-state index in [1.165, 1.54) is 0 Å². The van der Waals surface area contributed by atoms with Crippen LogP contribution in [-0.2, 0) is 0 Å². The predicted octanol–water partition coefficient (Wildman–Crippen LogP) is 0.515. The van der Waals surface area contributed by atoms with E-state index in [0.29, 0.717) is 0 Å². The minimum Gasteiger partial charge on any atom is -0.241 e. The molecule has 6 heavy (non-hydrogen) atoms. The molecule has 0 aromatic carbocycles. The van der Waals surface area contributed by atoms with Crippen LogP contribution < -0.4 is 0 Å². The second-order valence-electron chi connectivity index (χ2n) is 1.35. The summed E-state index contributed by atoms with van der Waals surface area (Å²) in [6.45, 7) is 3.50. The lowest BCUT2D eigenvalue weighted by atomic mass is 10.7. The lowest BCUT2D eigenvalue weighted by molar-refractivity contribution is -0.458. The molecular formula is C5H10N+. The molecule has 0 saturated heterocycles. The first-order valence-electron chi connectivity index (χ1n) is 1.89. The molecule has 0 rings (SSSR count). The topological polar surface area (TPSA) is 3.01 Å². The van der Waals surface area contributed by atoms with E-state index < -0.39 is 0 Å². The molecule has 0 aromatic rings. The molecule has 0 radical (unpaired) electrons. The molecule has 0 aliphatic rings. The van der Waals surface area contributed by atoms with Gasteiger partial charge in [0.05, 0.1) is 0 Å². The Morgan fingerprint density at radius 3 is 2.00 bits per heavy atom. The van der Waals surface area contributed by atoms with Crippen LogP contribution in [0.5, 0.6) is 0 Å². The first kappa shape index (κ1) is 5.41. The fourth-order valence-corrected chi connectivity index (χ4v) is 0.211. The summed E-state index contributed by atoms with van der Waals surface area (Å²) in [4.78, 5) is 0. The van der Waals surface area contributed by atoms with Gasteiger partial charge in [0.2, 0.25) is 0 Å². The normalized spacial score (nSPS) is 7.00. The van der Waals surface area contributed by atoms with E-state index in [9.17, 15) is 0 Å². The third-order valence-corrected chi connectivity index (χ3v) is 0.404. The molecule has 0 aromatic heterocycles. The van der Waals surface area contributed by atoms with Gasteiger partial charge in [-0.15, -0.1) is 0 Å². The van der Waals surface area contributed by atoms with Gasteiger partial charge >= 0.3 is 0 Å². The molecule has 0 spiro atoms. The number of rotatable bonds is 1. The summed E-state index contributed by atoms with van der Waals surface area (Å²) in [5.41, 5.74) is 0. The van der Waals surface area contributed by atoms with Crippen LogP contribution in [0.15, 0.2) is 12.7 Å². The van der Waals surface area contributed by atoms with Crippen LogP contribution in [0.3, 0.4) is 0 Å². The third-order valence-electron chi connectivity index (χ3n) is 0.404. The van der Waals surface area contributed by atoms with Crippen LogP contribution in [0.1, 0.15) is 0 Å². The van der Waals surface area contributed by atoms with Crippen molar-refractivity contribution in [2.24, 2.45) is 0 Å². The molecule has 0 N–H and O–H groups in total. The van der Waals surface area contributed by atoms with Crippen molar-refractivity contribution in [3.05, 3.63) is 12.7 Å². The van der Waals surface area contributed by atoms with Crippen molar-refractivity contribution in [2.45, 2.75) is 0 Å². The van der Waals surface area contributed by atoms with E-state index in [4.69, 9.17) is 0 Å². The van der Waals surface area contributed by atoms with Crippen LogP contribution in [0.25, 0.3) is 0 Å². The van der Waals surface area contributed by atoms with Crippen LogP contribution in [0.2, 0.25) is 0 Å². The van der Waals surface area contributed by atoms with Gasteiger partial charge in [0.25, 0.3) is 0 Å². The summed E-state index contributed by atoms with van der Waals surface area (Å²) in [5, 5.41) is 0. The second-order valence-corrected chi connectivity index (χ2v) is 1.35. The van der Waals surface area contributed by atoms with Crippen LogP contribution in [0.4, 0.5) is 0 Å². The maximum absolute atomic E-state index is 3.50. The molecule has 0 saturated carbocycles. The Kier molecular flexibility index (Phi) is 2.38. The average Bonchev–Trinajstić information content (AvgIpc) is 1.35. The highest BCUT2D eigenvalue weighted by atomic mass is 14.9. The maximum atomic E-state index is 3.50. The van der Waals surface area contributed by atoms with Crippen LogP contribution in [0, 0.1) is 0 Å². The highest BCUT2D eigenvalue weighted by Gasteiger charge is 1.68. The Morgan fingerprint density at radius 2 is 2.00 bits per heavy atom. The fourth-order valence-electron chi connectivity index (χ4n) is 0.211. The zero-order valence-electron chi connectivity index (χ0n) is 4.31. The summed E-state index contributed by atoms with van der Waals surface area (Å²) in [6.07, 6.45) is 3.64. The van der Waals surface area contributed by atoms with Gasteiger partial charge < -0.3 is 0 Å². The number of hydrogen-bond donors (Lipinski definition) is 0. The van der Waals surface area contributed by atoms with Gasteiger partial charge in [-0.2, -0.15) is 0 Å². The van der Waals surface area contributed by atoms with Gasteiger partial charge in [0.15, 0.2) is 6.21 Å². The fraction of sp³-hybridized carbons (Fsp3) is 0.400. The Bertz CT molecular complexity index is 68.0. The number of nitrogens with zero attached hydrogens (tertiary/aromatic N) is 1. The Morgan fingerprint density at radius 1 is 1.50 bits per heavy atom. The minimum absolute atomic E-state index is 1.75. The largest absolute Gasteiger partial charge is 0.241 e. The molecule has 1 heteroatoms. The highest BCUT2D eigenvalue weighted by molar-refractivity contribution is 5.64. The van der Waals surface area contributed by atoms with Gasteiger partial charge in [0.1, 0.15) is 14.1 Å². The van der Waals surface area contributed by atoms with Gasteiger partial charge in [0, 0.05) is 0 Å². The Hall–Kier alpha value is -0.590. The molecule has 0 aliphatic heterocycles. The van der Waals surface area contributed by atoms with Gasteiger partial charge in [-0.05, 0) is 6.08 Å². The molecule has 0 heterocycles. The molecule has 1 nitrogen and oxygen atoms in total. The number of hydrogen-bond acceptors (Lipinski definition) is 0. The van der Waals surface area contributed by atoms with Crippen LogP contribution in [-0.4, -0.2) is 24.9 Å². The zero-order valence-corrected chi connectivity index (χ0v) is 4.31. The molecule has 34 valence electrons. The molecule has 0 bridgehead atoms. The van der Waals surface area contributed by atoms with E-state index in [1.807, 2.05) is 24.9 Å². The smallest absolute Gasteiger partial charge is 0.162 e. The molecule has 0 aliphatic carbocycles. The van der Waals surface area contributed by atoms with E-state index >= 15 is 0 Å². The van der Waals surface area contributed by atoms with Crippen molar-refractivity contribution < 1.29 is 4.58 Å². The lowest BCUT2D eigenvalue weighted by Gasteiger charge is -1.73. The van der Waals surface area contributed by atoms with E-state index in [-0.39, 0.29) is 0 Å². The molecular weight excluding hydrogens is 74.1 g/mol. The summed E-state index contributed by atoms with van der Waals surface area (Å²) in [6, 6.07) is 0. The minimum atomic E-state index is 1.75. The first-order chi connectivity index (χ1) is 2.77. The summed E-state index contributed by atoms with van der Waals surface area (Å²) >= 11 is 0. The van der Waals surface area contributed by atoms with Crippen molar-refractivity contribution in [1.29, 1.82) is 0 Å². The predicted molar refractivity (Wildman–Crippen MR) is 28.4 cm³/mol. The number of allylic oxidation sites excluding steroid dienone is 1. The van der Waals surface area contributed by atoms with E-state index in [1.54, 1.807) is 6.08 Å². The van der Waals surface area contributed by atoms with Crippen LogP contribution >= 0.6 is 0 Å². The van der Waals surface area contributed by atoms with Crippen molar-refractivity contribution in [3.63, 3.8) is 0 Å². The average molecular weight is 84.1 g/mol. The van der Waals surface area contributed by atoms with Gasteiger partial charge in [-0.3, -0.25) is 0 Å². The highest BCUT2D eigenvalue weighted by Crippen LogP contribution is 1.50. The molecule has 0 unspecified atom stereocenters. The lowest BCUT2D eigenvalue weighted by Crippen LogP contribution is -1.94.